The van der Waals surface area contributed by atoms with Crippen molar-refractivity contribution in [2.45, 2.75) is 6.17 Å². The van der Waals surface area contributed by atoms with Gasteiger partial charge in [0.2, 0.25) is 0 Å². The lowest BCUT2D eigenvalue weighted by Gasteiger charge is -2.02. The minimum atomic E-state index is -0.468. The lowest BCUT2D eigenvalue weighted by Crippen LogP contribution is -2.19. The summed E-state index contributed by atoms with van der Waals surface area (Å²) in [5.41, 5.74) is 11.5. The first-order chi connectivity index (χ1) is 4.70. The number of hydrogen-bond acceptors (Lipinski definition) is 3. The maximum Gasteiger partial charge on any atom is 0.129 e. The number of aromatic nitrogens is 1. The third-order valence-corrected chi connectivity index (χ3v) is 1.36. The molecule has 0 aliphatic carbocycles. The molecule has 0 aromatic carbocycles. The Morgan fingerprint density at radius 1 is 1.40 bits per heavy atom. The summed E-state index contributed by atoms with van der Waals surface area (Å²) in [6.45, 7) is 0. The Morgan fingerprint density at radius 2 is 2.10 bits per heavy atom. The summed E-state index contributed by atoms with van der Waals surface area (Å²) in [7, 11) is 0. The van der Waals surface area contributed by atoms with Gasteiger partial charge in [0.15, 0.2) is 0 Å². The molecule has 0 radical (unpaired) electrons. The van der Waals surface area contributed by atoms with E-state index in [1.807, 2.05) is 0 Å². The van der Waals surface area contributed by atoms with Crippen LogP contribution in [0.1, 0.15) is 11.7 Å². The van der Waals surface area contributed by atoms with Gasteiger partial charge in [-0.25, -0.2) is 4.98 Å². The number of hydrogen-bond donors (Lipinski definition) is 2. The number of halogens is 1. The monoisotopic (exact) mass is 157 g/mol. The SMILES string of the molecule is NC(N)c1ccc(Cl)nc1. The van der Waals surface area contributed by atoms with E-state index in [2.05, 4.69) is 4.98 Å². The fourth-order valence-corrected chi connectivity index (χ4v) is 0.696. The second-order valence-electron chi connectivity index (χ2n) is 1.94. The first-order valence-electron chi connectivity index (χ1n) is 2.83. The van der Waals surface area contributed by atoms with Crippen molar-refractivity contribution in [2.24, 2.45) is 11.5 Å². The molecule has 0 fully saturated rings. The largest absolute Gasteiger partial charge is 0.312 e. The number of pyridine rings is 1. The van der Waals surface area contributed by atoms with E-state index in [0.29, 0.717) is 5.15 Å². The van der Waals surface area contributed by atoms with Crippen LogP contribution in [0.5, 0.6) is 0 Å². The van der Waals surface area contributed by atoms with Gasteiger partial charge in [0.05, 0.1) is 6.17 Å². The third kappa shape index (κ3) is 1.67. The highest BCUT2D eigenvalue weighted by Crippen LogP contribution is 2.07. The molecule has 0 aliphatic heterocycles. The molecule has 10 heavy (non-hydrogen) atoms. The molecule has 0 atom stereocenters. The van der Waals surface area contributed by atoms with E-state index < -0.39 is 6.17 Å². The van der Waals surface area contributed by atoms with E-state index in [1.54, 1.807) is 18.3 Å². The van der Waals surface area contributed by atoms with Crippen molar-refractivity contribution >= 4 is 11.6 Å². The summed E-state index contributed by atoms with van der Waals surface area (Å²) < 4.78 is 0. The van der Waals surface area contributed by atoms with Gasteiger partial charge >= 0.3 is 0 Å². The van der Waals surface area contributed by atoms with Gasteiger partial charge in [-0.15, -0.1) is 0 Å². The van der Waals surface area contributed by atoms with Crippen LogP contribution in [-0.2, 0) is 0 Å². The molecule has 1 heterocycles. The summed E-state index contributed by atoms with van der Waals surface area (Å²) in [6.07, 6.45) is 1.09. The standard InChI is InChI=1S/C6H8ClN3/c7-5-2-1-4(3-10-5)6(8)9/h1-3,6H,8-9H2. The molecule has 1 aromatic heterocycles. The van der Waals surface area contributed by atoms with E-state index in [9.17, 15) is 0 Å². The van der Waals surface area contributed by atoms with Crippen molar-refractivity contribution in [3.63, 3.8) is 0 Å². The Labute approximate surface area is 64.0 Å². The molecular weight excluding hydrogens is 150 g/mol. The molecule has 0 amide bonds. The lowest BCUT2D eigenvalue weighted by molar-refractivity contribution is 0.768. The van der Waals surface area contributed by atoms with Gasteiger partial charge in [-0.05, 0) is 6.07 Å². The topological polar surface area (TPSA) is 64.9 Å². The molecule has 4 N–H and O–H groups in total. The molecule has 0 bridgehead atoms. The van der Waals surface area contributed by atoms with Crippen LogP contribution in [0.3, 0.4) is 0 Å². The molecule has 1 aromatic rings. The predicted molar refractivity (Wildman–Crippen MR) is 40.4 cm³/mol. The van der Waals surface area contributed by atoms with Crippen LogP contribution in [0.15, 0.2) is 18.3 Å². The Balaban J connectivity index is 2.89. The summed E-state index contributed by atoms with van der Waals surface area (Å²) in [6, 6.07) is 3.41. The van der Waals surface area contributed by atoms with E-state index in [0.717, 1.165) is 5.56 Å². The lowest BCUT2D eigenvalue weighted by atomic mass is 10.2. The van der Waals surface area contributed by atoms with Crippen LogP contribution in [-0.4, -0.2) is 4.98 Å². The molecule has 0 aliphatic rings. The third-order valence-electron chi connectivity index (χ3n) is 1.14. The van der Waals surface area contributed by atoms with Gasteiger partial charge in [-0.2, -0.15) is 0 Å². The van der Waals surface area contributed by atoms with Gasteiger partial charge in [-0.3, -0.25) is 0 Å². The van der Waals surface area contributed by atoms with Crippen molar-refractivity contribution in [1.82, 2.24) is 4.98 Å². The summed E-state index contributed by atoms with van der Waals surface area (Å²) in [5.74, 6) is 0. The van der Waals surface area contributed by atoms with Gasteiger partial charge in [0.1, 0.15) is 5.15 Å². The smallest absolute Gasteiger partial charge is 0.129 e. The minimum absolute atomic E-state index is 0.449. The maximum atomic E-state index is 5.52. The highest BCUT2D eigenvalue weighted by Gasteiger charge is 1.97. The number of nitrogens with two attached hydrogens (primary N) is 2. The first kappa shape index (κ1) is 7.47. The first-order valence-corrected chi connectivity index (χ1v) is 3.20. The molecule has 1 rings (SSSR count). The highest BCUT2D eigenvalue weighted by molar-refractivity contribution is 6.29. The Kier molecular flexibility index (Phi) is 2.21. The normalized spacial score (nSPS) is 10.4. The van der Waals surface area contributed by atoms with Gasteiger partial charge in [0.25, 0.3) is 0 Å². The molecular formula is C6H8ClN3. The van der Waals surface area contributed by atoms with Crippen molar-refractivity contribution in [1.29, 1.82) is 0 Å². The molecule has 3 nitrogen and oxygen atoms in total. The Morgan fingerprint density at radius 3 is 2.50 bits per heavy atom. The molecule has 0 unspecified atom stereocenters. The van der Waals surface area contributed by atoms with E-state index in [-0.39, 0.29) is 0 Å². The van der Waals surface area contributed by atoms with Gasteiger partial charge in [0, 0.05) is 11.8 Å². The van der Waals surface area contributed by atoms with Crippen molar-refractivity contribution in [2.75, 3.05) is 0 Å². The Hall–Kier alpha value is -0.640. The van der Waals surface area contributed by atoms with E-state index >= 15 is 0 Å². The van der Waals surface area contributed by atoms with E-state index in [4.69, 9.17) is 23.1 Å². The number of nitrogens with zero attached hydrogens (tertiary/aromatic N) is 1. The molecule has 0 saturated carbocycles. The zero-order valence-electron chi connectivity index (χ0n) is 5.29. The second-order valence-corrected chi connectivity index (χ2v) is 2.33. The van der Waals surface area contributed by atoms with Crippen LogP contribution in [0, 0.1) is 0 Å². The van der Waals surface area contributed by atoms with Gasteiger partial charge < -0.3 is 11.5 Å². The van der Waals surface area contributed by atoms with E-state index in [1.165, 1.54) is 0 Å². The summed E-state index contributed by atoms with van der Waals surface area (Å²) in [4.78, 5) is 3.81. The van der Waals surface area contributed by atoms with Crippen LogP contribution in [0.4, 0.5) is 0 Å². The Bertz CT molecular complexity index is 207. The fraction of sp³-hybridized carbons (Fsp3) is 0.167. The highest BCUT2D eigenvalue weighted by atomic mass is 35.5. The van der Waals surface area contributed by atoms with Crippen LogP contribution < -0.4 is 11.5 Å². The van der Waals surface area contributed by atoms with Crippen molar-refractivity contribution in [3.05, 3.63) is 29.0 Å². The number of rotatable bonds is 1. The van der Waals surface area contributed by atoms with Crippen LogP contribution >= 0.6 is 11.6 Å². The zero-order chi connectivity index (χ0) is 7.56. The van der Waals surface area contributed by atoms with Crippen molar-refractivity contribution < 1.29 is 0 Å². The van der Waals surface area contributed by atoms with Crippen LogP contribution in [0.2, 0.25) is 5.15 Å². The summed E-state index contributed by atoms with van der Waals surface area (Å²) in [5, 5.41) is 0.449. The zero-order valence-corrected chi connectivity index (χ0v) is 6.05. The predicted octanol–water partition coefficient (Wildman–Crippen LogP) is 0.651. The molecule has 4 heteroatoms. The molecule has 0 saturated heterocycles. The average Bonchev–Trinajstić information content (AvgIpc) is 1.88. The van der Waals surface area contributed by atoms with Crippen molar-refractivity contribution in [3.8, 4) is 0 Å². The quantitative estimate of drug-likeness (QED) is 0.465. The maximum absolute atomic E-state index is 5.52. The average molecular weight is 158 g/mol. The van der Waals surface area contributed by atoms with Gasteiger partial charge in [-0.1, -0.05) is 17.7 Å². The molecule has 54 valence electrons. The van der Waals surface area contributed by atoms with Crippen LogP contribution in [0.25, 0.3) is 0 Å². The fourth-order valence-electron chi connectivity index (χ4n) is 0.584. The summed E-state index contributed by atoms with van der Waals surface area (Å²) >= 11 is 5.52. The molecule has 0 spiro atoms. The second kappa shape index (κ2) is 2.96. The minimum Gasteiger partial charge on any atom is -0.312 e.